The fourth-order valence-corrected chi connectivity index (χ4v) is 3.86. The van der Waals surface area contributed by atoms with Gasteiger partial charge >= 0.3 is 0 Å². The summed E-state index contributed by atoms with van der Waals surface area (Å²) >= 11 is 6.35. The number of aliphatic hydroxyl groups is 1. The van der Waals surface area contributed by atoms with Gasteiger partial charge in [-0.2, -0.15) is 0 Å². The molecule has 0 saturated carbocycles. The molecule has 0 aliphatic heterocycles. The van der Waals surface area contributed by atoms with E-state index in [0.29, 0.717) is 57.1 Å². The van der Waals surface area contributed by atoms with Gasteiger partial charge in [0.05, 0.1) is 41.2 Å². The Labute approximate surface area is 198 Å². The first-order valence-electron chi connectivity index (χ1n) is 10.2. The van der Waals surface area contributed by atoms with Gasteiger partial charge in [0, 0.05) is 40.4 Å². The molecule has 1 unspecified atom stereocenters. The highest BCUT2D eigenvalue weighted by Gasteiger charge is 2.24. The van der Waals surface area contributed by atoms with Gasteiger partial charge in [0.1, 0.15) is 23.4 Å². The van der Waals surface area contributed by atoms with E-state index in [4.69, 9.17) is 35.3 Å². The van der Waals surface area contributed by atoms with Crippen molar-refractivity contribution in [3.05, 3.63) is 70.2 Å². The molecule has 1 atom stereocenters. The molecule has 0 aromatic heterocycles. The first-order valence-corrected chi connectivity index (χ1v) is 10.6. The molecule has 176 valence electrons. The summed E-state index contributed by atoms with van der Waals surface area (Å²) in [5.41, 5.74) is 2.55. The Hall–Kier alpha value is -3.29. The number of aliphatic hydroxyl groups excluding tert-OH is 1. The van der Waals surface area contributed by atoms with Crippen LogP contribution in [0, 0.1) is 0 Å². The van der Waals surface area contributed by atoms with E-state index in [0.717, 1.165) is 5.56 Å². The summed E-state index contributed by atoms with van der Waals surface area (Å²) in [6.07, 6.45) is -1.07. The summed E-state index contributed by atoms with van der Waals surface area (Å²) in [6, 6.07) is 14.3. The van der Waals surface area contributed by atoms with Crippen LogP contribution in [-0.2, 0) is 6.54 Å². The number of halogens is 1. The van der Waals surface area contributed by atoms with Crippen LogP contribution in [0.15, 0.2) is 48.5 Å². The molecule has 0 bridgehead atoms. The molecule has 0 spiro atoms. The smallest absolute Gasteiger partial charge is 0.166 e. The zero-order valence-electron chi connectivity index (χ0n) is 19.3. The summed E-state index contributed by atoms with van der Waals surface area (Å²) in [5, 5.41) is 15.2. The summed E-state index contributed by atoms with van der Waals surface area (Å²) in [5.74, 6) is 2.81. The number of methoxy groups -OCH3 is 5. The standard InChI is InChI=1S/C25H28ClNO6/c1-29-17-10-9-15(21(13-17)31-3)14-27-23-19(11-16(26)12-22(23)32-4)24(28)18-7-6-8-20(30-2)25(18)33-5/h6-13,24,27-28H,14H2,1-5H3. The maximum Gasteiger partial charge on any atom is 0.166 e. The molecule has 0 radical (unpaired) electrons. The zero-order chi connectivity index (χ0) is 24.0. The Morgan fingerprint density at radius 1 is 0.788 bits per heavy atom. The van der Waals surface area contributed by atoms with Crippen molar-refractivity contribution in [2.45, 2.75) is 12.6 Å². The average molecular weight is 474 g/mol. The fraction of sp³-hybridized carbons (Fsp3) is 0.280. The Kier molecular flexibility index (Phi) is 8.14. The number of benzene rings is 3. The second kappa shape index (κ2) is 11.0. The molecule has 0 saturated heterocycles. The van der Waals surface area contributed by atoms with Gasteiger partial charge in [-0.1, -0.05) is 23.7 Å². The monoisotopic (exact) mass is 473 g/mol. The number of hydrogen-bond acceptors (Lipinski definition) is 7. The van der Waals surface area contributed by atoms with E-state index in [2.05, 4.69) is 5.32 Å². The third kappa shape index (κ3) is 5.21. The molecule has 0 aliphatic carbocycles. The number of para-hydroxylation sites is 1. The Bertz CT molecular complexity index is 1100. The maximum atomic E-state index is 11.4. The van der Waals surface area contributed by atoms with Gasteiger partial charge in [-0.25, -0.2) is 0 Å². The second-order valence-corrected chi connectivity index (χ2v) is 7.53. The van der Waals surface area contributed by atoms with Crippen molar-refractivity contribution in [1.29, 1.82) is 0 Å². The highest BCUT2D eigenvalue weighted by Crippen LogP contribution is 2.43. The molecule has 0 fully saturated rings. The van der Waals surface area contributed by atoms with Crippen LogP contribution >= 0.6 is 11.6 Å². The maximum absolute atomic E-state index is 11.4. The highest BCUT2D eigenvalue weighted by molar-refractivity contribution is 6.31. The summed E-state index contributed by atoms with van der Waals surface area (Å²) in [7, 11) is 7.83. The van der Waals surface area contributed by atoms with E-state index in [9.17, 15) is 5.11 Å². The first kappa shape index (κ1) is 24.4. The van der Waals surface area contributed by atoms with E-state index in [-0.39, 0.29) is 0 Å². The molecule has 33 heavy (non-hydrogen) atoms. The van der Waals surface area contributed by atoms with E-state index in [1.807, 2.05) is 18.2 Å². The molecule has 2 N–H and O–H groups in total. The van der Waals surface area contributed by atoms with Gasteiger partial charge < -0.3 is 34.1 Å². The van der Waals surface area contributed by atoms with Crippen molar-refractivity contribution in [2.75, 3.05) is 40.9 Å². The normalized spacial score (nSPS) is 11.5. The largest absolute Gasteiger partial charge is 0.497 e. The Morgan fingerprint density at radius 3 is 2.15 bits per heavy atom. The zero-order valence-corrected chi connectivity index (χ0v) is 20.0. The highest BCUT2D eigenvalue weighted by atomic mass is 35.5. The van der Waals surface area contributed by atoms with Gasteiger partial charge in [-0.15, -0.1) is 0 Å². The number of rotatable bonds is 10. The summed E-state index contributed by atoms with van der Waals surface area (Å²) < 4.78 is 27.3. The molecule has 0 aliphatic rings. The van der Waals surface area contributed by atoms with E-state index < -0.39 is 6.10 Å². The molecule has 3 rings (SSSR count). The number of anilines is 1. The Balaban J connectivity index is 2.04. The molecule has 0 amide bonds. The fourth-order valence-electron chi connectivity index (χ4n) is 3.64. The van der Waals surface area contributed by atoms with Gasteiger partial charge in [-0.05, 0) is 24.3 Å². The second-order valence-electron chi connectivity index (χ2n) is 7.09. The third-order valence-electron chi connectivity index (χ3n) is 5.29. The lowest BCUT2D eigenvalue weighted by atomic mass is 9.97. The molecule has 3 aromatic rings. The van der Waals surface area contributed by atoms with Crippen molar-refractivity contribution < 1.29 is 28.8 Å². The predicted molar refractivity (Wildman–Crippen MR) is 128 cm³/mol. The minimum absolute atomic E-state index is 0.403. The minimum Gasteiger partial charge on any atom is -0.497 e. The molecule has 7 nitrogen and oxygen atoms in total. The SMILES string of the molecule is COc1ccc(CNc2c(OC)cc(Cl)cc2C(O)c2cccc(OC)c2OC)c(OC)c1. The molecule has 8 heteroatoms. The van der Waals surface area contributed by atoms with Crippen LogP contribution in [0.3, 0.4) is 0 Å². The van der Waals surface area contributed by atoms with E-state index in [1.165, 1.54) is 7.11 Å². The lowest BCUT2D eigenvalue weighted by Crippen LogP contribution is -2.10. The van der Waals surface area contributed by atoms with E-state index >= 15 is 0 Å². The molecule has 3 aromatic carbocycles. The summed E-state index contributed by atoms with van der Waals surface area (Å²) in [4.78, 5) is 0. The quantitative estimate of drug-likeness (QED) is 0.425. The average Bonchev–Trinajstić information content (AvgIpc) is 2.86. The van der Waals surface area contributed by atoms with Crippen LogP contribution in [0.25, 0.3) is 0 Å². The van der Waals surface area contributed by atoms with Gasteiger partial charge in [0.25, 0.3) is 0 Å². The van der Waals surface area contributed by atoms with Crippen molar-refractivity contribution in [3.8, 4) is 28.7 Å². The number of ether oxygens (including phenoxy) is 5. The van der Waals surface area contributed by atoms with Crippen molar-refractivity contribution in [3.63, 3.8) is 0 Å². The number of hydrogen-bond donors (Lipinski definition) is 2. The lowest BCUT2D eigenvalue weighted by Gasteiger charge is -2.22. The van der Waals surface area contributed by atoms with Crippen LogP contribution in [-0.4, -0.2) is 40.7 Å². The topological polar surface area (TPSA) is 78.4 Å². The molecular formula is C25H28ClNO6. The van der Waals surface area contributed by atoms with E-state index in [1.54, 1.807) is 58.8 Å². The predicted octanol–water partition coefficient (Wildman–Crippen LogP) is 5.08. The Morgan fingerprint density at radius 2 is 1.52 bits per heavy atom. The number of nitrogens with one attached hydrogen (secondary N) is 1. The first-order chi connectivity index (χ1) is 16.0. The lowest BCUT2D eigenvalue weighted by molar-refractivity contribution is 0.213. The van der Waals surface area contributed by atoms with Gasteiger partial charge in [0.15, 0.2) is 11.5 Å². The minimum atomic E-state index is -1.07. The summed E-state index contributed by atoms with van der Waals surface area (Å²) in [6.45, 7) is 0.403. The van der Waals surface area contributed by atoms with Crippen LogP contribution in [0.1, 0.15) is 22.8 Å². The van der Waals surface area contributed by atoms with Crippen LogP contribution < -0.4 is 29.0 Å². The van der Waals surface area contributed by atoms with Crippen molar-refractivity contribution in [1.82, 2.24) is 0 Å². The van der Waals surface area contributed by atoms with Crippen molar-refractivity contribution >= 4 is 17.3 Å². The van der Waals surface area contributed by atoms with Crippen molar-refractivity contribution in [2.24, 2.45) is 0 Å². The molecular weight excluding hydrogens is 446 g/mol. The van der Waals surface area contributed by atoms with Crippen LogP contribution in [0.2, 0.25) is 5.02 Å². The third-order valence-corrected chi connectivity index (χ3v) is 5.51. The molecule has 0 heterocycles. The van der Waals surface area contributed by atoms with Gasteiger partial charge in [0.2, 0.25) is 0 Å². The van der Waals surface area contributed by atoms with Gasteiger partial charge in [-0.3, -0.25) is 0 Å². The van der Waals surface area contributed by atoms with Crippen LogP contribution in [0.5, 0.6) is 28.7 Å². The van der Waals surface area contributed by atoms with Crippen LogP contribution in [0.4, 0.5) is 5.69 Å².